The first-order chi connectivity index (χ1) is 10.7. The van der Waals surface area contributed by atoms with Gasteiger partial charge in [0.05, 0.1) is 29.8 Å². The predicted octanol–water partition coefficient (Wildman–Crippen LogP) is 0.671. The lowest BCUT2D eigenvalue weighted by atomic mass is 9.99. The van der Waals surface area contributed by atoms with Crippen molar-refractivity contribution in [1.29, 1.82) is 0 Å². The lowest BCUT2D eigenvalue weighted by Crippen LogP contribution is -2.57. The molecule has 4 atom stereocenters. The van der Waals surface area contributed by atoms with Crippen LogP contribution < -0.4 is 5.32 Å². The molecule has 2 aliphatic heterocycles. The van der Waals surface area contributed by atoms with Gasteiger partial charge in [-0.05, 0) is 32.1 Å². The van der Waals surface area contributed by atoms with Gasteiger partial charge in [-0.25, -0.2) is 8.42 Å². The van der Waals surface area contributed by atoms with Crippen molar-refractivity contribution < 1.29 is 17.9 Å². The molecule has 0 bridgehead atoms. The van der Waals surface area contributed by atoms with Gasteiger partial charge in [0.25, 0.3) is 0 Å². The zero-order valence-electron chi connectivity index (χ0n) is 14.6. The van der Waals surface area contributed by atoms with Crippen LogP contribution in [0.15, 0.2) is 0 Å². The summed E-state index contributed by atoms with van der Waals surface area (Å²) in [5.41, 5.74) is 0. The fourth-order valence-corrected chi connectivity index (χ4v) is 5.58. The van der Waals surface area contributed by atoms with Gasteiger partial charge in [-0.3, -0.25) is 9.69 Å². The molecule has 0 aromatic rings. The number of carbonyl (C=O) groups excluding carboxylic acids is 1. The van der Waals surface area contributed by atoms with Crippen LogP contribution in [0.5, 0.6) is 0 Å². The first-order valence-corrected chi connectivity index (χ1v) is 10.4. The fourth-order valence-electron chi connectivity index (χ4n) is 3.72. The summed E-state index contributed by atoms with van der Waals surface area (Å²) in [5, 5.41) is 2.98. The summed E-state index contributed by atoms with van der Waals surface area (Å²) in [6, 6.07) is -0.193. The quantitative estimate of drug-likeness (QED) is 0.792. The first-order valence-electron chi connectivity index (χ1n) is 8.55. The number of rotatable bonds is 5. The van der Waals surface area contributed by atoms with Crippen LogP contribution >= 0.6 is 0 Å². The largest absolute Gasteiger partial charge is 0.373 e. The second-order valence-electron chi connectivity index (χ2n) is 7.41. The number of hydrogen-bond acceptors (Lipinski definition) is 5. The molecule has 0 spiro atoms. The molecule has 2 fully saturated rings. The Morgan fingerprint density at radius 3 is 2.35 bits per heavy atom. The SMILES string of the molecule is CC1CN(C(C(=O)NCC2CCS(=O)(=O)C2)C(C)C)CC(C)O1. The van der Waals surface area contributed by atoms with E-state index in [0.29, 0.717) is 13.0 Å². The molecule has 4 unspecified atom stereocenters. The van der Waals surface area contributed by atoms with Gasteiger partial charge in [-0.1, -0.05) is 13.8 Å². The maximum absolute atomic E-state index is 12.7. The summed E-state index contributed by atoms with van der Waals surface area (Å²) < 4.78 is 28.8. The van der Waals surface area contributed by atoms with Crippen molar-refractivity contribution >= 4 is 15.7 Å². The van der Waals surface area contributed by atoms with E-state index in [2.05, 4.69) is 24.1 Å². The molecular formula is C16H30N2O4S. The van der Waals surface area contributed by atoms with Crippen molar-refractivity contribution in [2.75, 3.05) is 31.1 Å². The fraction of sp³-hybridized carbons (Fsp3) is 0.938. The number of nitrogens with zero attached hydrogens (tertiary/aromatic N) is 1. The van der Waals surface area contributed by atoms with Gasteiger partial charge >= 0.3 is 0 Å². The van der Waals surface area contributed by atoms with Gasteiger partial charge in [0.15, 0.2) is 9.84 Å². The highest BCUT2D eigenvalue weighted by atomic mass is 32.2. The second kappa shape index (κ2) is 7.49. The molecule has 6 nitrogen and oxygen atoms in total. The Morgan fingerprint density at radius 1 is 1.26 bits per heavy atom. The van der Waals surface area contributed by atoms with E-state index in [1.165, 1.54) is 0 Å². The van der Waals surface area contributed by atoms with Gasteiger partial charge in [0.2, 0.25) is 5.91 Å². The van der Waals surface area contributed by atoms with E-state index in [4.69, 9.17) is 4.74 Å². The van der Waals surface area contributed by atoms with E-state index < -0.39 is 9.84 Å². The number of morpholine rings is 1. The van der Waals surface area contributed by atoms with Crippen LogP contribution in [0.2, 0.25) is 0 Å². The number of nitrogens with one attached hydrogen (secondary N) is 1. The molecular weight excluding hydrogens is 316 g/mol. The molecule has 1 amide bonds. The minimum atomic E-state index is -2.89. The van der Waals surface area contributed by atoms with Gasteiger partial charge in [-0.15, -0.1) is 0 Å². The van der Waals surface area contributed by atoms with E-state index in [9.17, 15) is 13.2 Å². The second-order valence-corrected chi connectivity index (χ2v) is 9.64. The average molecular weight is 346 g/mol. The number of hydrogen-bond donors (Lipinski definition) is 1. The van der Waals surface area contributed by atoms with Crippen LogP contribution in [0.25, 0.3) is 0 Å². The lowest BCUT2D eigenvalue weighted by Gasteiger charge is -2.41. The molecule has 2 aliphatic rings. The average Bonchev–Trinajstić information content (AvgIpc) is 2.74. The summed E-state index contributed by atoms with van der Waals surface area (Å²) in [6.07, 6.45) is 0.890. The van der Waals surface area contributed by atoms with Gasteiger partial charge in [0, 0.05) is 19.6 Å². The zero-order valence-corrected chi connectivity index (χ0v) is 15.4. The number of carbonyl (C=O) groups is 1. The van der Waals surface area contributed by atoms with Gasteiger partial charge in [-0.2, -0.15) is 0 Å². The van der Waals surface area contributed by atoms with Crippen LogP contribution in [0.3, 0.4) is 0 Å². The summed E-state index contributed by atoms with van der Waals surface area (Å²) in [4.78, 5) is 14.9. The smallest absolute Gasteiger partial charge is 0.237 e. The van der Waals surface area contributed by atoms with E-state index in [1.807, 2.05) is 13.8 Å². The van der Waals surface area contributed by atoms with E-state index in [1.54, 1.807) is 0 Å². The van der Waals surface area contributed by atoms with Crippen LogP contribution in [-0.4, -0.2) is 68.6 Å². The molecule has 1 N–H and O–H groups in total. The monoisotopic (exact) mass is 346 g/mol. The Balaban J connectivity index is 1.93. The third-order valence-corrected chi connectivity index (χ3v) is 6.47. The number of amides is 1. The van der Waals surface area contributed by atoms with Crippen molar-refractivity contribution in [3.8, 4) is 0 Å². The van der Waals surface area contributed by atoms with Gasteiger partial charge in [0.1, 0.15) is 0 Å². The molecule has 23 heavy (non-hydrogen) atoms. The van der Waals surface area contributed by atoms with Crippen molar-refractivity contribution in [2.45, 2.75) is 52.4 Å². The zero-order chi connectivity index (χ0) is 17.2. The highest BCUT2D eigenvalue weighted by molar-refractivity contribution is 7.91. The Bertz CT molecular complexity index is 510. The first kappa shape index (κ1) is 18.7. The van der Waals surface area contributed by atoms with Crippen LogP contribution in [0.1, 0.15) is 34.1 Å². The third kappa shape index (κ3) is 5.16. The summed E-state index contributed by atoms with van der Waals surface area (Å²) in [7, 11) is -2.89. The van der Waals surface area contributed by atoms with Crippen LogP contribution in [0.4, 0.5) is 0 Å². The van der Waals surface area contributed by atoms with Gasteiger partial charge < -0.3 is 10.1 Å². The predicted molar refractivity (Wildman–Crippen MR) is 90.0 cm³/mol. The molecule has 7 heteroatoms. The van der Waals surface area contributed by atoms with E-state index in [0.717, 1.165) is 13.1 Å². The molecule has 0 radical (unpaired) electrons. The molecule has 2 rings (SSSR count). The molecule has 134 valence electrons. The molecule has 0 aromatic heterocycles. The number of ether oxygens (including phenoxy) is 1. The highest BCUT2D eigenvalue weighted by Gasteiger charge is 2.35. The topological polar surface area (TPSA) is 75.7 Å². The Hall–Kier alpha value is -0.660. The highest BCUT2D eigenvalue weighted by Crippen LogP contribution is 2.20. The minimum Gasteiger partial charge on any atom is -0.373 e. The summed E-state index contributed by atoms with van der Waals surface area (Å²) in [6.45, 7) is 10.1. The number of sulfone groups is 1. The molecule has 0 saturated carbocycles. The lowest BCUT2D eigenvalue weighted by molar-refractivity contribution is -0.135. The van der Waals surface area contributed by atoms with Crippen molar-refractivity contribution in [3.63, 3.8) is 0 Å². The third-order valence-electron chi connectivity index (χ3n) is 4.63. The minimum absolute atomic E-state index is 0.00518. The van der Waals surface area contributed by atoms with E-state index in [-0.39, 0.29) is 47.5 Å². The summed E-state index contributed by atoms with van der Waals surface area (Å²) in [5.74, 6) is 0.704. The summed E-state index contributed by atoms with van der Waals surface area (Å²) >= 11 is 0. The normalized spacial score (nSPS) is 32.8. The maximum atomic E-state index is 12.7. The van der Waals surface area contributed by atoms with Crippen molar-refractivity contribution in [1.82, 2.24) is 10.2 Å². The molecule has 2 saturated heterocycles. The Labute approximate surface area is 139 Å². The standard InChI is InChI=1S/C16H30N2O4S/c1-11(2)15(18-8-12(3)22-13(4)9-18)16(19)17-7-14-5-6-23(20,21)10-14/h11-15H,5-10H2,1-4H3,(H,17,19). The Kier molecular flexibility index (Phi) is 6.08. The molecule has 2 heterocycles. The van der Waals surface area contributed by atoms with Crippen molar-refractivity contribution in [3.05, 3.63) is 0 Å². The Morgan fingerprint density at radius 2 is 1.87 bits per heavy atom. The maximum Gasteiger partial charge on any atom is 0.237 e. The van der Waals surface area contributed by atoms with Crippen LogP contribution in [0, 0.1) is 11.8 Å². The molecule has 0 aliphatic carbocycles. The van der Waals surface area contributed by atoms with E-state index >= 15 is 0 Å². The van der Waals surface area contributed by atoms with Crippen molar-refractivity contribution in [2.24, 2.45) is 11.8 Å². The van der Waals surface area contributed by atoms with Crippen LogP contribution in [-0.2, 0) is 19.4 Å². The molecule has 0 aromatic carbocycles.